The van der Waals surface area contributed by atoms with Gasteiger partial charge in [-0.3, -0.25) is 0 Å². The molecular weight excluding hydrogens is 175 g/mol. The van der Waals surface area contributed by atoms with Gasteiger partial charge in [0.15, 0.2) is 0 Å². The molecule has 3 heteroatoms. The first-order valence-corrected chi connectivity index (χ1v) is 3.94. The second kappa shape index (κ2) is 2.88. The molecule has 1 unspecified atom stereocenters. The van der Waals surface area contributed by atoms with Crippen molar-refractivity contribution in [2.45, 2.75) is 6.42 Å². The maximum absolute atomic E-state index is 3.99. The summed E-state index contributed by atoms with van der Waals surface area (Å²) in [6, 6.07) is 0. The first kappa shape index (κ1) is 6.63. The van der Waals surface area contributed by atoms with E-state index in [-0.39, 0.29) is 0 Å². The van der Waals surface area contributed by atoms with Crippen LogP contribution in [0.4, 0.5) is 0 Å². The van der Waals surface area contributed by atoms with Crippen LogP contribution in [0.1, 0.15) is 5.56 Å². The molecule has 1 N–H and O–H groups in total. The average molecular weight is 184 g/mol. The first-order valence-electron chi connectivity index (χ1n) is 2.73. The maximum atomic E-state index is 3.99. The molecule has 0 bridgehead atoms. The van der Waals surface area contributed by atoms with E-state index in [4.69, 9.17) is 0 Å². The van der Waals surface area contributed by atoms with E-state index in [1.807, 2.05) is 12.3 Å². The van der Waals surface area contributed by atoms with Crippen LogP contribution in [-0.4, -0.2) is 27.1 Å². The fourth-order valence-electron chi connectivity index (χ4n) is 0.644. The summed E-state index contributed by atoms with van der Waals surface area (Å²) in [4.78, 5) is 0. The number of nitrogens with one attached hydrogen (secondary N) is 1. The summed E-state index contributed by atoms with van der Waals surface area (Å²) in [5.41, 5.74) is 1.25. The summed E-state index contributed by atoms with van der Waals surface area (Å²) in [6.45, 7) is 3.64. The van der Waals surface area contributed by atoms with Crippen LogP contribution in [0.3, 0.4) is 0 Å². The molecule has 2 nitrogen and oxygen atoms in total. The van der Waals surface area contributed by atoms with E-state index in [2.05, 4.69) is 16.8 Å². The number of aromatic nitrogens is 2. The van der Waals surface area contributed by atoms with Gasteiger partial charge in [-0.1, -0.05) is 0 Å². The van der Waals surface area contributed by atoms with E-state index in [0.717, 1.165) is 10.9 Å². The minimum atomic E-state index is 0.921. The zero-order valence-electron chi connectivity index (χ0n) is 5.09. The Balaban J connectivity index is 2.80. The Kier molecular flexibility index (Phi) is 2.12. The molecule has 0 saturated carbocycles. The molecule has 0 radical (unpaired) electrons. The summed E-state index contributed by atoms with van der Waals surface area (Å²) in [5, 5.41) is 6.79. The Morgan fingerprint density at radius 1 is 1.89 bits per heavy atom. The molecule has 0 aliphatic rings. The summed E-state index contributed by atoms with van der Waals surface area (Å²) >= 11 is 1.55. The van der Waals surface area contributed by atoms with E-state index < -0.39 is 0 Å². The summed E-state index contributed by atoms with van der Waals surface area (Å²) in [7, 11) is 0. The summed E-state index contributed by atoms with van der Waals surface area (Å²) in [5.74, 6) is 0. The molecule has 0 saturated heterocycles. The predicted molar refractivity (Wildman–Crippen MR) is 40.7 cm³/mol. The Labute approximate surface area is 62.9 Å². The van der Waals surface area contributed by atoms with Gasteiger partial charge in [-0.2, -0.15) is 0 Å². The minimum absolute atomic E-state index is 0.921. The van der Waals surface area contributed by atoms with Crippen molar-refractivity contribution in [3.05, 3.63) is 24.4 Å². The van der Waals surface area contributed by atoms with Crippen LogP contribution in [0.2, 0.25) is 0 Å². The van der Waals surface area contributed by atoms with Gasteiger partial charge in [0.25, 0.3) is 0 Å². The summed E-state index contributed by atoms with van der Waals surface area (Å²) in [6.07, 6.45) is 4.72. The number of H-pyrrole nitrogens is 1. The van der Waals surface area contributed by atoms with Crippen molar-refractivity contribution in [3.63, 3.8) is 0 Å². The van der Waals surface area contributed by atoms with E-state index >= 15 is 0 Å². The molecule has 1 rings (SSSR count). The Morgan fingerprint density at radius 2 is 2.67 bits per heavy atom. The molecule has 48 valence electrons. The Morgan fingerprint density at radius 3 is 3.11 bits per heavy atom. The fourth-order valence-corrected chi connectivity index (χ4v) is 1.22. The molecule has 0 aliphatic carbocycles. The number of allylic oxidation sites excluding steroid dienone is 1. The summed E-state index contributed by atoms with van der Waals surface area (Å²) < 4.78 is 1.13. The Bertz CT molecular complexity index is 205. The van der Waals surface area contributed by atoms with Crippen molar-refractivity contribution in [1.29, 1.82) is 0 Å². The number of nitrogens with zero attached hydrogens (tertiary/aromatic N) is 1. The van der Waals surface area contributed by atoms with E-state index in [1.165, 1.54) is 5.56 Å². The van der Waals surface area contributed by atoms with Gasteiger partial charge < -0.3 is 0 Å². The molecule has 0 amide bonds. The van der Waals surface area contributed by atoms with Gasteiger partial charge in [-0.25, -0.2) is 0 Å². The van der Waals surface area contributed by atoms with Gasteiger partial charge in [0.1, 0.15) is 0 Å². The molecule has 1 heterocycles. The second-order valence-corrected chi connectivity index (χ2v) is 2.94. The Hall–Kier alpha value is -0.492. The van der Waals surface area contributed by atoms with Crippen LogP contribution in [0.5, 0.6) is 0 Å². The van der Waals surface area contributed by atoms with Gasteiger partial charge in [0, 0.05) is 0 Å². The molecule has 1 aromatic rings. The molecular formula is C6H9AsN2. The van der Waals surface area contributed by atoms with Gasteiger partial charge in [0.2, 0.25) is 0 Å². The van der Waals surface area contributed by atoms with Crippen molar-refractivity contribution in [3.8, 4) is 0 Å². The van der Waals surface area contributed by atoms with Crippen LogP contribution >= 0.6 is 0 Å². The zero-order chi connectivity index (χ0) is 6.69. The van der Waals surface area contributed by atoms with Crippen molar-refractivity contribution in [1.82, 2.24) is 10.2 Å². The van der Waals surface area contributed by atoms with Crippen LogP contribution in [0.25, 0.3) is 0 Å². The average Bonchev–Trinajstić information content (AvgIpc) is 2.18. The van der Waals surface area contributed by atoms with Crippen molar-refractivity contribution in [2.24, 2.45) is 0 Å². The quantitative estimate of drug-likeness (QED) is 0.482. The van der Waals surface area contributed by atoms with Gasteiger partial charge in [0.05, 0.1) is 0 Å². The normalized spacial score (nSPS) is 9.44. The third-order valence-corrected chi connectivity index (χ3v) is 2.17. The zero-order valence-corrected chi connectivity index (χ0v) is 7.52. The fraction of sp³-hybridized carbons (Fsp3) is 0.167. The third kappa shape index (κ3) is 1.46. The molecule has 1 atom stereocenters. The monoisotopic (exact) mass is 184 g/mol. The van der Waals surface area contributed by atoms with Crippen molar-refractivity contribution < 1.29 is 0 Å². The first-order chi connectivity index (χ1) is 4.34. The van der Waals surface area contributed by atoms with Crippen LogP contribution in [0.15, 0.2) is 18.9 Å². The van der Waals surface area contributed by atoms with E-state index in [0.29, 0.717) is 0 Å². The number of aromatic amines is 1. The number of hydrogen-bond donors (Lipinski definition) is 1. The van der Waals surface area contributed by atoms with E-state index in [1.54, 1.807) is 16.9 Å². The predicted octanol–water partition coefficient (Wildman–Crippen LogP) is -0.603. The molecule has 9 heavy (non-hydrogen) atoms. The van der Waals surface area contributed by atoms with Crippen molar-refractivity contribution >= 4 is 21.3 Å². The van der Waals surface area contributed by atoms with Gasteiger partial charge in [-0.05, 0) is 0 Å². The van der Waals surface area contributed by atoms with E-state index in [9.17, 15) is 0 Å². The molecule has 0 fully saturated rings. The molecule has 0 aromatic carbocycles. The van der Waals surface area contributed by atoms with Gasteiger partial charge in [-0.15, -0.1) is 0 Å². The van der Waals surface area contributed by atoms with Gasteiger partial charge >= 0.3 is 62.4 Å². The SMILES string of the molecule is C=CCc1c[nH]nc1[AsH2]. The standard InChI is InChI=1S/C6H9AsN2/c1-2-3-5-4-8-9-6(5)7/h2,4H,1,3,7H2,(H,8,9). The molecule has 1 aromatic heterocycles. The van der Waals surface area contributed by atoms with Crippen LogP contribution in [-0.2, 0) is 6.42 Å². The number of rotatable bonds is 2. The topological polar surface area (TPSA) is 28.7 Å². The molecule has 0 aliphatic heterocycles. The second-order valence-electron chi connectivity index (χ2n) is 1.79. The third-order valence-electron chi connectivity index (χ3n) is 1.12. The molecule has 0 spiro atoms. The van der Waals surface area contributed by atoms with Crippen LogP contribution < -0.4 is 4.48 Å². The van der Waals surface area contributed by atoms with Crippen LogP contribution in [0, 0.1) is 0 Å². The number of hydrogen-bond acceptors (Lipinski definition) is 1. The van der Waals surface area contributed by atoms with Crippen molar-refractivity contribution in [2.75, 3.05) is 0 Å².